The van der Waals surface area contributed by atoms with Gasteiger partial charge in [-0.05, 0) is 30.3 Å². The van der Waals surface area contributed by atoms with Gasteiger partial charge < -0.3 is 20.6 Å². The first kappa shape index (κ1) is 13.3. The number of aromatic hydroxyl groups is 2. The predicted octanol–water partition coefficient (Wildman–Crippen LogP) is 1.44. The Kier molecular flexibility index (Phi) is 3.52. The Labute approximate surface area is 113 Å². The summed E-state index contributed by atoms with van der Waals surface area (Å²) in [5, 5.41) is 29.7. The zero-order chi connectivity index (χ0) is 14.7. The summed E-state index contributed by atoms with van der Waals surface area (Å²) in [6, 6.07) is 6.25. The van der Waals surface area contributed by atoms with Crippen LogP contribution in [0.2, 0.25) is 0 Å². The highest BCUT2D eigenvalue weighted by molar-refractivity contribution is 6.05. The number of nitrogens with one attached hydrogen (secondary N) is 1. The molecular weight excluding hydrogens is 264 g/mol. The summed E-state index contributed by atoms with van der Waals surface area (Å²) in [6.45, 7) is 0. The molecule has 20 heavy (non-hydrogen) atoms. The molecule has 0 radical (unpaired) electrons. The number of amides is 1. The Morgan fingerprint density at radius 2 is 1.80 bits per heavy atom. The third-order valence-electron chi connectivity index (χ3n) is 2.47. The van der Waals surface area contributed by atoms with Crippen molar-refractivity contribution in [3.8, 4) is 11.5 Å². The minimum absolute atomic E-state index is 0.119. The minimum Gasteiger partial charge on any atom is -0.504 e. The lowest BCUT2D eigenvalue weighted by Gasteiger charge is -2.06. The van der Waals surface area contributed by atoms with Gasteiger partial charge in [-0.1, -0.05) is 0 Å². The van der Waals surface area contributed by atoms with Crippen LogP contribution < -0.4 is 5.32 Å². The lowest BCUT2D eigenvalue weighted by molar-refractivity contribution is 0.0690. The van der Waals surface area contributed by atoms with Gasteiger partial charge in [-0.2, -0.15) is 0 Å². The van der Waals surface area contributed by atoms with Crippen LogP contribution in [0.4, 0.5) is 5.69 Å². The fraction of sp³-hybridized carbons (Fsp3) is 0. The number of phenols is 2. The van der Waals surface area contributed by atoms with E-state index >= 15 is 0 Å². The maximum Gasteiger partial charge on any atom is 0.354 e. The quantitative estimate of drug-likeness (QED) is 0.629. The number of pyridine rings is 1. The van der Waals surface area contributed by atoms with Crippen molar-refractivity contribution in [1.29, 1.82) is 0 Å². The number of aromatic carboxylic acids is 1. The molecule has 7 nitrogen and oxygen atoms in total. The van der Waals surface area contributed by atoms with Crippen LogP contribution in [0.15, 0.2) is 36.5 Å². The Morgan fingerprint density at radius 3 is 2.45 bits per heavy atom. The van der Waals surface area contributed by atoms with Crippen molar-refractivity contribution in [2.24, 2.45) is 0 Å². The molecule has 0 saturated carbocycles. The number of nitrogens with zero attached hydrogens (tertiary/aromatic N) is 1. The summed E-state index contributed by atoms with van der Waals surface area (Å²) in [6.07, 6.45) is 1.26. The van der Waals surface area contributed by atoms with Crippen LogP contribution in [0.1, 0.15) is 20.8 Å². The number of carboxylic acids is 1. The number of anilines is 1. The number of hydrogen-bond acceptors (Lipinski definition) is 5. The summed E-state index contributed by atoms with van der Waals surface area (Å²) in [4.78, 5) is 26.3. The first-order valence-electron chi connectivity index (χ1n) is 5.50. The second-order valence-electron chi connectivity index (χ2n) is 3.89. The summed E-state index contributed by atoms with van der Waals surface area (Å²) in [5.74, 6) is -2.51. The van der Waals surface area contributed by atoms with E-state index < -0.39 is 17.6 Å². The SMILES string of the molecule is O=C(Nc1ccnc(C(=O)O)c1)c1ccc(O)c(O)c1. The third-order valence-corrected chi connectivity index (χ3v) is 2.47. The molecule has 2 rings (SSSR count). The van der Waals surface area contributed by atoms with E-state index in [4.69, 9.17) is 10.2 Å². The average molecular weight is 274 g/mol. The van der Waals surface area contributed by atoms with E-state index in [-0.39, 0.29) is 22.7 Å². The molecule has 1 aromatic carbocycles. The lowest BCUT2D eigenvalue weighted by Crippen LogP contribution is -2.12. The number of aromatic nitrogens is 1. The molecule has 0 bridgehead atoms. The number of carboxylic acid groups (broad SMARTS) is 1. The van der Waals surface area contributed by atoms with Gasteiger partial charge in [0.1, 0.15) is 5.69 Å². The second-order valence-corrected chi connectivity index (χ2v) is 3.89. The molecule has 0 unspecified atom stereocenters. The van der Waals surface area contributed by atoms with Gasteiger partial charge in [0.05, 0.1) is 0 Å². The van der Waals surface area contributed by atoms with E-state index in [9.17, 15) is 14.7 Å². The van der Waals surface area contributed by atoms with Crippen LogP contribution in [0.25, 0.3) is 0 Å². The van der Waals surface area contributed by atoms with Gasteiger partial charge >= 0.3 is 5.97 Å². The fourth-order valence-electron chi connectivity index (χ4n) is 1.49. The van der Waals surface area contributed by atoms with Crippen molar-refractivity contribution in [2.45, 2.75) is 0 Å². The van der Waals surface area contributed by atoms with E-state index in [1.54, 1.807) is 0 Å². The molecule has 0 atom stereocenters. The Morgan fingerprint density at radius 1 is 1.05 bits per heavy atom. The molecule has 1 amide bonds. The number of carbonyl (C=O) groups excluding carboxylic acids is 1. The maximum absolute atomic E-state index is 11.9. The summed E-state index contributed by atoms with van der Waals surface area (Å²) < 4.78 is 0. The van der Waals surface area contributed by atoms with Crippen molar-refractivity contribution in [3.63, 3.8) is 0 Å². The van der Waals surface area contributed by atoms with Crippen LogP contribution in [0.3, 0.4) is 0 Å². The normalized spacial score (nSPS) is 10.0. The third kappa shape index (κ3) is 2.83. The average Bonchev–Trinajstić information content (AvgIpc) is 2.42. The number of hydrogen-bond donors (Lipinski definition) is 4. The van der Waals surface area contributed by atoms with Crippen LogP contribution in [0, 0.1) is 0 Å². The zero-order valence-electron chi connectivity index (χ0n) is 10.1. The van der Waals surface area contributed by atoms with Gasteiger partial charge in [0.15, 0.2) is 11.5 Å². The Hall–Kier alpha value is -3.09. The molecule has 0 spiro atoms. The predicted molar refractivity (Wildman–Crippen MR) is 68.9 cm³/mol. The number of carbonyl (C=O) groups is 2. The Balaban J connectivity index is 2.21. The Bertz CT molecular complexity index is 684. The number of benzene rings is 1. The molecule has 0 fully saturated rings. The molecule has 4 N–H and O–H groups in total. The highest BCUT2D eigenvalue weighted by atomic mass is 16.4. The van der Waals surface area contributed by atoms with Crippen LogP contribution in [-0.2, 0) is 0 Å². The van der Waals surface area contributed by atoms with Crippen LogP contribution >= 0.6 is 0 Å². The monoisotopic (exact) mass is 274 g/mol. The molecule has 0 saturated heterocycles. The van der Waals surface area contributed by atoms with E-state index in [0.717, 1.165) is 6.07 Å². The largest absolute Gasteiger partial charge is 0.504 e. The van der Waals surface area contributed by atoms with Crippen LogP contribution in [-0.4, -0.2) is 32.2 Å². The van der Waals surface area contributed by atoms with Crippen molar-refractivity contribution >= 4 is 17.6 Å². The first-order valence-corrected chi connectivity index (χ1v) is 5.50. The van der Waals surface area contributed by atoms with E-state index in [2.05, 4.69) is 10.3 Å². The minimum atomic E-state index is -1.21. The molecule has 0 aliphatic heterocycles. The standard InChI is InChI=1S/C13H10N2O5/c16-10-2-1-7(5-11(10)17)12(18)15-8-3-4-14-9(6-8)13(19)20/h1-6,16-17H,(H,19,20)(H,14,15,18). The molecule has 1 aromatic heterocycles. The maximum atomic E-state index is 11.9. The second kappa shape index (κ2) is 5.27. The molecule has 2 aromatic rings. The first-order chi connectivity index (χ1) is 9.47. The van der Waals surface area contributed by atoms with E-state index in [1.807, 2.05) is 0 Å². The summed E-state index contributed by atoms with van der Waals surface area (Å²) in [7, 11) is 0. The van der Waals surface area contributed by atoms with Gasteiger partial charge in [0, 0.05) is 17.4 Å². The van der Waals surface area contributed by atoms with Crippen molar-refractivity contribution in [3.05, 3.63) is 47.8 Å². The highest BCUT2D eigenvalue weighted by Gasteiger charge is 2.11. The van der Waals surface area contributed by atoms with Gasteiger partial charge in [-0.3, -0.25) is 4.79 Å². The molecule has 0 aliphatic carbocycles. The van der Waals surface area contributed by atoms with Crippen LogP contribution in [0.5, 0.6) is 11.5 Å². The number of phenolic OH excluding ortho intramolecular Hbond substituents is 2. The lowest BCUT2D eigenvalue weighted by atomic mass is 10.2. The molecule has 7 heteroatoms. The molecular formula is C13H10N2O5. The van der Waals surface area contributed by atoms with Gasteiger partial charge in [0.2, 0.25) is 0 Å². The topological polar surface area (TPSA) is 120 Å². The molecule has 0 aliphatic rings. The zero-order valence-corrected chi connectivity index (χ0v) is 10.1. The smallest absolute Gasteiger partial charge is 0.354 e. The number of rotatable bonds is 3. The van der Waals surface area contributed by atoms with Gasteiger partial charge in [-0.15, -0.1) is 0 Å². The van der Waals surface area contributed by atoms with E-state index in [0.29, 0.717) is 0 Å². The highest BCUT2D eigenvalue weighted by Crippen LogP contribution is 2.25. The van der Waals surface area contributed by atoms with Gasteiger partial charge in [-0.25, -0.2) is 9.78 Å². The summed E-state index contributed by atoms with van der Waals surface area (Å²) in [5.41, 5.74) is 0.181. The van der Waals surface area contributed by atoms with Crippen molar-refractivity contribution in [2.75, 3.05) is 5.32 Å². The molecule has 1 heterocycles. The van der Waals surface area contributed by atoms with Gasteiger partial charge in [0.25, 0.3) is 5.91 Å². The van der Waals surface area contributed by atoms with Crippen molar-refractivity contribution in [1.82, 2.24) is 4.98 Å². The molecule has 102 valence electrons. The summed E-state index contributed by atoms with van der Waals surface area (Å²) >= 11 is 0. The van der Waals surface area contributed by atoms with E-state index in [1.165, 1.54) is 30.5 Å². The fourth-order valence-corrected chi connectivity index (χ4v) is 1.49. The van der Waals surface area contributed by atoms with Crippen molar-refractivity contribution < 1.29 is 24.9 Å².